The summed E-state index contributed by atoms with van der Waals surface area (Å²) in [5.41, 5.74) is 2.05. The molecule has 1 aliphatic rings. The number of rotatable bonds is 5. The van der Waals surface area contributed by atoms with Gasteiger partial charge in [0.2, 0.25) is 0 Å². The lowest BCUT2D eigenvalue weighted by Crippen LogP contribution is -2.38. The van der Waals surface area contributed by atoms with Crippen molar-refractivity contribution in [3.8, 4) is 0 Å². The van der Waals surface area contributed by atoms with Gasteiger partial charge < -0.3 is 10.1 Å². The van der Waals surface area contributed by atoms with Gasteiger partial charge in [0, 0.05) is 18.8 Å². The van der Waals surface area contributed by atoms with E-state index in [9.17, 15) is 13.2 Å². The van der Waals surface area contributed by atoms with Crippen molar-refractivity contribution in [3.05, 3.63) is 29.6 Å². The number of aryl methyl sites for hydroxylation is 1. The van der Waals surface area contributed by atoms with E-state index in [1.54, 1.807) is 0 Å². The lowest BCUT2D eigenvalue weighted by molar-refractivity contribution is -0.188. The third-order valence-corrected chi connectivity index (χ3v) is 3.65. The number of nitrogens with one attached hydrogen (secondary N) is 1. The first-order chi connectivity index (χ1) is 9.92. The Morgan fingerprint density at radius 2 is 2.14 bits per heavy atom. The van der Waals surface area contributed by atoms with Crippen LogP contribution in [-0.2, 0) is 11.3 Å². The molecule has 3 nitrogen and oxygen atoms in total. The molecule has 2 rings (SSSR count). The fraction of sp³-hybridized carbons (Fsp3) is 0.667. The minimum absolute atomic E-state index is 0.195. The van der Waals surface area contributed by atoms with E-state index in [1.807, 2.05) is 25.3 Å². The summed E-state index contributed by atoms with van der Waals surface area (Å²) < 4.78 is 41.4. The summed E-state index contributed by atoms with van der Waals surface area (Å²) in [7, 11) is 0. The standard InChI is InChI=1S/C15H21F3N2O/c1-11-5-6-13(19-8-11)9-20-12-3-2-4-14(7-12)21-10-15(16,17)18/h5-6,8,12,14,20H,2-4,7,9-10H2,1H3. The highest BCUT2D eigenvalue weighted by Crippen LogP contribution is 2.24. The van der Waals surface area contributed by atoms with Crippen LogP contribution in [0.25, 0.3) is 0 Å². The molecule has 0 aliphatic heterocycles. The maximum absolute atomic E-state index is 12.2. The van der Waals surface area contributed by atoms with Crippen LogP contribution < -0.4 is 5.32 Å². The Bertz CT molecular complexity index is 434. The van der Waals surface area contributed by atoms with Crippen LogP contribution in [0.1, 0.15) is 36.9 Å². The first kappa shape index (κ1) is 16.2. The number of halogens is 3. The SMILES string of the molecule is Cc1ccc(CNC2CCCC(OCC(F)(F)F)C2)nc1. The molecule has 2 unspecified atom stereocenters. The summed E-state index contributed by atoms with van der Waals surface area (Å²) in [5, 5.41) is 3.36. The maximum atomic E-state index is 12.2. The van der Waals surface area contributed by atoms with Crippen LogP contribution in [0.3, 0.4) is 0 Å². The predicted octanol–water partition coefficient (Wildman–Crippen LogP) is 3.37. The van der Waals surface area contributed by atoms with E-state index >= 15 is 0 Å². The molecule has 21 heavy (non-hydrogen) atoms. The molecule has 1 N–H and O–H groups in total. The van der Waals surface area contributed by atoms with Gasteiger partial charge in [0.25, 0.3) is 0 Å². The monoisotopic (exact) mass is 302 g/mol. The fourth-order valence-corrected chi connectivity index (χ4v) is 2.55. The number of nitrogens with zero attached hydrogens (tertiary/aromatic N) is 1. The van der Waals surface area contributed by atoms with Gasteiger partial charge in [0.05, 0.1) is 11.8 Å². The molecule has 1 aromatic rings. The smallest absolute Gasteiger partial charge is 0.369 e. The molecule has 0 radical (unpaired) electrons. The van der Waals surface area contributed by atoms with Gasteiger partial charge in [-0.2, -0.15) is 13.2 Å². The Morgan fingerprint density at radius 3 is 2.81 bits per heavy atom. The van der Waals surface area contributed by atoms with Crippen LogP contribution >= 0.6 is 0 Å². The lowest BCUT2D eigenvalue weighted by atomic mass is 9.93. The van der Waals surface area contributed by atoms with Crippen LogP contribution in [-0.4, -0.2) is 29.9 Å². The molecule has 0 spiro atoms. The van der Waals surface area contributed by atoms with Gasteiger partial charge >= 0.3 is 6.18 Å². The molecule has 1 fully saturated rings. The van der Waals surface area contributed by atoms with Gasteiger partial charge in [-0.3, -0.25) is 4.98 Å². The second-order valence-electron chi connectivity index (χ2n) is 5.62. The van der Waals surface area contributed by atoms with Crippen molar-refractivity contribution in [2.75, 3.05) is 6.61 Å². The van der Waals surface area contributed by atoms with Gasteiger partial charge in [-0.25, -0.2) is 0 Å². The Labute approximate surface area is 122 Å². The summed E-state index contributed by atoms with van der Waals surface area (Å²) in [5.74, 6) is 0. The molecule has 1 aliphatic carbocycles. The third-order valence-electron chi connectivity index (χ3n) is 3.65. The molecule has 0 saturated heterocycles. The van der Waals surface area contributed by atoms with Gasteiger partial charge in [0.15, 0.2) is 0 Å². The quantitative estimate of drug-likeness (QED) is 0.905. The average Bonchev–Trinajstić information content (AvgIpc) is 2.44. The highest BCUT2D eigenvalue weighted by atomic mass is 19.4. The van der Waals surface area contributed by atoms with Gasteiger partial charge in [0.1, 0.15) is 6.61 Å². The minimum atomic E-state index is -4.24. The van der Waals surface area contributed by atoms with Crippen molar-refractivity contribution in [3.63, 3.8) is 0 Å². The molecule has 0 amide bonds. The fourth-order valence-electron chi connectivity index (χ4n) is 2.55. The van der Waals surface area contributed by atoms with Crippen LogP contribution in [0.15, 0.2) is 18.3 Å². The van der Waals surface area contributed by atoms with Gasteiger partial charge in [-0.1, -0.05) is 6.07 Å². The van der Waals surface area contributed by atoms with Crippen molar-refractivity contribution < 1.29 is 17.9 Å². The number of aromatic nitrogens is 1. The number of hydrogen-bond acceptors (Lipinski definition) is 3. The summed E-state index contributed by atoms with van der Waals surface area (Å²) >= 11 is 0. The van der Waals surface area contributed by atoms with E-state index in [2.05, 4.69) is 10.3 Å². The molecule has 1 aromatic heterocycles. The van der Waals surface area contributed by atoms with Crippen molar-refractivity contribution in [1.82, 2.24) is 10.3 Å². The molecule has 0 aromatic carbocycles. The Hall–Kier alpha value is -1.14. The zero-order chi connectivity index (χ0) is 15.3. The van der Waals surface area contributed by atoms with Crippen LogP contribution in [0, 0.1) is 6.92 Å². The van der Waals surface area contributed by atoms with Crippen LogP contribution in [0.2, 0.25) is 0 Å². The molecule has 1 saturated carbocycles. The first-order valence-corrected chi connectivity index (χ1v) is 7.25. The Kier molecular flexibility index (Phi) is 5.58. The molecule has 1 heterocycles. The van der Waals surface area contributed by atoms with Crippen molar-refractivity contribution in [2.24, 2.45) is 0 Å². The van der Waals surface area contributed by atoms with E-state index in [0.29, 0.717) is 19.4 Å². The number of ether oxygens (including phenoxy) is 1. The van der Waals surface area contributed by atoms with Crippen LogP contribution in [0.5, 0.6) is 0 Å². The summed E-state index contributed by atoms with van der Waals surface area (Å²) in [6, 6.07) is 4.16. The molecule has 6 heteroatoms. The van der Waals surface area contributed by atoms with Gasteiger partial charge in [-0.15, -0.1) is 0 Å². The highest BCUT2D eigenvalue weighted by molar-refractivity contribution is 5.12. The molecule has 0 bridgehead atoms. The second-order valence-corrected chi connectivity index (χ2v) is 5.62. The van der Waals surface area contributed by atoms with E-state index in [0.717, 1.165) is 24.1 Å². The molecular formula is C15H21F3N2O. The Morgan fingerprint density at radius 1 is 1.33 bits per heavy atom. The third kappa shape index (κ3) is 6.01. The largest absolute Gasteiger partial charge is 0.411 e. The first-order valence-electron chi connectivity index (χ1n) is 7.25. The normalized spacial score (nSPS) is 23.2. The topological polar surface area (TPSA) is 34.1 Å². The zero-order valence-electron chi connectivity index (χ0n) is 12.1. The lowest BCUT2D eigenvalue weighted by Gasteiger charge is -2.30. The maximum Gasteiger partial charge on any atom is 0.411 e. The number of hydrogen-bond donors (Lipinski definition) is 1. The zero-order valence-corrected chi connectivity index (χ0v) is 12.1. The summed E-state index contributed by atoms with van der Waals surface area (Å²) in [6.45, 7) is 1.47. The van der Waals surface area contributed by atoms with E-state index < -0.39 is 12.8 Å². The second kappa shape index (κ2) is 7.22. The van der Waals surface area contributed by atoms with Crippen molar-refractivity contribution in [1.29, 1.82) is 0 Å². The molecule has 2 atom stereocenters. The summed E-state index contributed by atoms with van der Waals surface area (Å²) in [4.78, 5) is 4.31. The molecular weight excluding hydrogens is 281 g/mol. The van der Waals surface area contributed by atoms with Crippen molar-refractivity contribution in [2.45, 2.75) is 57.5 Å². The van der Waals surface area contributed by atoms with E-state index in [4.69, 9.17) is 4.74 Å². The number of alkyl halides is 3. The van der Waals surface area contributed by atoms with Crippen molar-refractivity contribution >= 4 is 0 Å². The number of pyridine rings is 1. The average molecular weight is 302 g/mol. The van der Waals surface area contributed by atoms with E-state index in [1.165, 1.54) is 0 Å². The Balaban J connectivity index is 1.74. The minimum Gasteiger partial charge on any atom is -0.369 e. The van der Waals surface area contributed by atoms with Gasteiger partial charge in [-0.05, 0) is 44.2 Å². The summed E-state index contributed by atoms with van der Waals surface area (Å²) in [6.07, 6.45) is 0.459. The molecule has 118 valence electrons. The predicted molar refractivity (Wildman–Crippen MR) is 73.9 cm³/mol. The van der Waals surface area contributed by atoms with Crippen LogP contribution in [0.4, 0.5) is 13.2 Å². The highest BCUT2D eigenvalue weighted by Gasteiger charge is 2.31. The van der Waals surface area contributed by atoms with E-state index in [-0.39, 0.29) is 12.1 Å².